The zero-order chi connectivity index (χ0) is 35.0. The number of alkyl halides is 1. The van der Waals surface area contributed by atoms with Crippen molar-refractivity contribution in [2.75, 3.05) is 19.0 Å². The highest BCUT2D eigenvalue weighted by Crippen LogP contribution is 2.44. The van der Waals surface area contributed by atoms with Gasteiger partial charge in [-0.1, -0.05) is 99.5 Å². The molecule has 1 fully saturated rings. The molecular weight excluding hydrogens is 638 g/mol. The van der Waals surface area contributed by atoms with Crippen molar-refractivity contribution in [1.29, 1.82) is 0 Å². The van der Waals surface area contributed by atoms with Crippen LogP contribution in [0.3, 0.4) is 0 Å². The van der Waals surface area contributed by atoms with Crippen LogP contribution in [0.4, 0.5) is 10.3 Å². The van der Waals surface area contributed by atoms with Crippen LogP contribution in [0, 0.1) is 12.3 Å². The van der Waals surface area contributed by atoms with E-state index in [1.807, 2.05) is 84.9 Å². The summed E-state index contributed by atoms with van der Waals surface area (Å²) in [7, 11) is -0.518. The van der Waals surface area contributed by atoms with Crippen molar-refractivity contribution in [2.45, 2.75) is 68.9 Å². The molecule has 0 bridgehead atoms. The SMILES string of the molecule is C#C[C@]1(F)C[C@@H](CO[Si](C)(C)C(C)(C)C)O[C@@H]1n1cnc2c(=O)[nH]c(NC(c3ccccc3)(c3ccccc3)c3ccc(OC)cc3)nc21. The van der Waals surface area contributed by atoms with Crippen molar-refractivity contribution in [3.8, 4) is 18.1 Å². The highest BCUT2D eigenvalue weighted by Gasteiger charge is 2.51. The predicted molar refractivity (Wildman–Crippen MR) is 192 cm³/mol. The highest BCUT2D eigenvalue weighted by molar-refractivity contribution is 6.74. The first-order valence-corrected chi connectivity index (χ1v) is 19.2. The molecule has 0 saturated carbocycles. The van der Waals surface area contributed by atoms with Crippen molar-refractivity contribution in [1.82, 2.24) is 19.5 Å². The fraction of sp³-hybridized carbons (Fsp3) is 0.342. The van der Waals surface area contributed by atoms with E-state index in [1.54, 1.807) is 7.11 Å². The molecule has 0 spiro atoms. The van der Waals surface area contributed by atoms with Gasteiger partial charge in [0.15, 0.2) is 25.7 Å². The van der Waals surface area contributed by atoms with Gasteiger partial charge in [-0.05, 0) is 47.0 Å². The fourth-order valence-electron chi connectivity index (χ4n) is 6.07. The van der Waals surface area contributed by atoms with Gasteiger partial charge in [-0.15, -0.1) is 6.42 Å². The number of aromatic nitrogens is 4. The molecule has 0 amide bonds. The predicted octanol–water partition coefficient (Wildman–Crippen LogP) is 7.18. The summed E-state index contributed by atoms with van der Waals surface area (Å²) in [6.45, 7) is 10.9. The van der Waals surface area contributed by atoms with Crippen LogP contribution >= 0.6 is 0 Å². The van der Waals surface area contributed by atoms with Crippen LogP contribution in [0.25, 0.3) is 11.2 Å². The number of hydrogen-bond acceptors (Lipinski definition) is 7. The van der Waals surface area contributed by atoms with E-state index in [-0.39, 0.29) is 35.2 Å². The van der Waals surface area contributed by atoms with Gasteiger partial charge in [-0.3, -0.25) is 14.3 Å². The van der Waals surface area contributed by atoms with Gasteiger partial charge in [0.05, 0.1) is 26.1 Å². The Bertz CT molecular complexity index is 1980. The summed E-state index contributed by atoms with van der Waals surface area (Å²) in [5.41, 5.74) is -0.913. The van der Waals surface area contributed by atoms with Gasteiger partial charge >= 0.3 is 0 Å². The standard InChI is InChI=1S/C38H42FN5O4Si/c1-8-37(39)23-30(24-47-49(6,7)36(2,3)4)48-34(37)44-25-40-31-32(44)41-35(42-33(31)45)43-38(26-15-11-9-12-16-26,27-17-13-10-14-18-27)28-19-21-29(46-5)22-20-28/h1,9-22,25,30,34H,23-24H2,2-7H3,(H2,41,42,43,45)/t30-,34-,37-/m0/s1. The number of hydrogen-bond donors (Lipinski definition) is 2. The molecule has 5 aromatic rings. The third kappa shape index (κ3) is 6.28. The van der Waals surface area contributed by atoms with Crippen molar-refractivity contribution in [2.24, 2.45) is 0 Å². The Labute approximate surface area is 287 Å². The maximum absolute atomic E-state index is 16.5. The highest BCUT2D eigenvalue weighted by atomic mass is 28.4. The summed E-state index contributed by atoms with van der Waals surface area (Å²) >= 11 is 0. The number of nitrogens with zero attached hydrogens (tertiary/aromatic N) is 3. The molecule has 2 N–H and O–H groups in total. The van der Waals surface area contributed by atoms with E-state index in [0.717, 1.165) is 16.7 Å². The molecule has 6 rings (SSSR count). The summed E-state index contributed by atoms with van der Waals surface area (Å²) in [4.78, 5) is 25.6. The maximum atomic E-state index is 16.5. The minimum Gasteiger partial charge on any atom is -0.497 e. The number of H-pyrrole nitrogens is 1. The van der Waals surface area contributed by atoms with E-state index in [1.165, 1.54) is 10.9 Å². The first kappa shape index (κ1) is 34.1. The molecule has 3 aromatic carbocycles. The largest absolute Gasteiger partial charge is 0.497 e. The second-order valence-electron chi connectivity index (χ2n) is 14.0. The lowest BCUT2D eigenvalue weighted by Crippen LogP contribution is -2.42. The molecule has 3 heterocycles. The molecule has 1 aliphatic heterocycles. The molecule has 0 radical (unpaired) electrons. The van der Waals surface area contributed by atoms with Crippen molar-refractivity contribution >= 4 is 25.4 Å². The smallest absolute Gasteiger partial charge is 0.280 e. The minimum absolute atomic E-state index is 0.0284. The Hall–Kier alpha value is -4.76. The zero-order valence-corrected chi connectivity index (χ0v) is 29.7. The van der Waals surface area contributed by atoms with Crippen LogP contribution in [0.2, 0.25) is 18.1 Å². The molecule has 49 heavy (non-hydrogen) atoms. The van der Waals surface area contributed by atoms with Gasteiger partial charge < -0.3 is 19.2 Å². The topological polar surface area (TPSA) is 103 Å². The number of methoxy groups -OCH3 is 1. The Morgan fingerprint density at radius 1 is 1.04 bits per heavy atom. The summed E-state index contributed by atoms with van der Waals surface area (Å²) < 4.78 is 36.0. The van der Waals surface area contributed by atoms with E-state index in [4.69, 9.17) is 25.3 Å². The molecule has 1 aliphatic rings. The minimum atomic E-state index is -2.19. The number of ether oxygens (including phenoxy) is 2. The van der Waals surface area contributed by atoms with Gasteiger partial charge in [0.2, 0.25) is 11.6 Å². The van der Waals surface area contributed by atoms with Crippen LogP contribution in [0.1, 0.15) is 50.1 Å². The van der Waals surface area contributed by atoms with Crippen LogP contribution in [0.5, 0.6) is 5.75 Å². The van der Waals surface area contributed by atoms with E-state index in [9.17, 15) is 4.79 Å². The van der Waals surface area contributed by atoms with Gasteiger partial charge in [0.25, 0.3) is 5.56 Å². The van der Waals surface area contributed by atoms with Gasteiger partial charge in [-0.2, -0.15) is 4.98 Å². The Morgan fingerprint density at radius 3 is 2.18 bits per heavy atom. The van der Waals surface area contributed by atoms with Crippen molar-refractivity contribution < 1.29 is 18.3 Å². The summed E-state index contributed by atoms with van der Waals surface area (Å²) in [5, 5.41) is 3.55. The molecule has 11 heteroatoms. The molecular formula is C38H42FN5O4Si. The molecule has 0 aliphatic carbocycles. The van der Waals surface area contributed by atoms with Crippen molar-refractivity contribution in [3.63, 3.8) is 0 Å². The lowest BCUT2D eigenvalue weighted by atomic mass is 9.77. The van der Waals surface area contributed by atoms with Crippen LogP contribution in [0.15, 0.2) is 96.1 Å². The van der Waals surface area contributed by atoms with Crippen molar-refractivity contribution in [3.05, 3.63) is 118 Å². The van der Waals surface area contributed by atoms with E-state index in [2.05, 4.69) is 55.1 Å². The number of nitrogens with one attached hydrogen (secondary N) is 2. The zero-order valence-electron chi connectivity index (χ0n) is 28.7. The first-order valence-electron chi connectivity index (χ1n) is 16.3. The molecule has 0 unspecified atom stereocenters. The second-order valence-corrected chi connectivity index (χ2v) is 18.8. The molecule has 254 valence electrons. The second kappa shape index (κ2) is 12.9. The normalized spacial score (nSPS) is 19.9. The Kier molecular flexibility index (Phi) is 9.00. The molecule has 3 atom stereocenters. The lowest BCUT2D eigenvalue weighted by Gasteiger charge is -2.37. The number of anilines is 1. The van der Waals surface area contributed by atoms with Gasteiger partial charge in [-0.25, -0.2) is 9.37 Å². The number of halogens is 1. The molecule has 9 nitrogen and oxygen atoms in total. The Balaban J connectivity index is 1.44. The number of rotatable bonds is 10. The summed E-state index contributed by atoms with van der Waals surface area (Å²) in [5.74, 6) is 3.16. The van der Waals surface area contributed by atoms with Gasteiger partial charge in [0.1, 0.15) is 11.3 Å². The summed E-state index contributed by atoms with van der Waals surface area (Å²) in [6.07, 6.45) is 5.21. The van der Waals surface area contributed by atoms with Crippen LogP contribution in [-0.4, -0.2) is 53.3 Å². The average Bonchev–Trinajstić information content (AvgIpc) is 3.67. The third-order valence-electron chi connectivity index (χ3n) is 9.84. The maximum Gasteiger partial charge on any atom is 0.280 e. The molecule has 2 aromatic heterocycles. The number of terminal acetylenes is 1. The van der Waals surface area contributed by atoms with E-state index < -0.39 is 37.4 Å². The van der Waals surface area contributed by atoms with Gasteiger partial charge in [0, 0.05) is 6.42 Å². The quantitative estimate of drug-likeness (QED) is 0.0916. The number of aromatic amines is 1. The summed E-state index contributed by atoms with van der Waals surface area (Å²) in [6, 6.07) is 27.4. The lowest BCUT2D eigenvalue weighted by molar-refractivity contribution is -0.0456. The van der Waals surface area contributed by atoms with E-state index >= 15 is 4.39 Å². The number of fused-ring (bicyclic) bond motifs is 1. The number of imidazole rings is 1. The third-order valence-corrected chi connectivity index (χ3v) is 14.3. The Morgan fingerprint density at radius 2 is 1.63 bits per heavy atom. The first-order chi connectivity index (χ1) is 23.3. The van der Waals surface area contributed by atoms with E-state index in [0.29, 0.717) is 5.75 Å². The molecule has 1 saturated heterocycles. The monoisotopic (exact) mass is 679 g/mol. The average molecular weight is 680 g/mol. The fourth-order valence-corrected chi connectivity index (χ4v) is 7.11. The number of benzene rings is 3. The van der Waals surface area contributed by atoms with Crippen LogP contribution in [-0.2, 0) is 14.7 Å². The van der Waals surface area contributed by atoms with Crippen LogP contribution < -0.4 is 15.6 Å².